The number of methoxy groups -OCH3 is 1. The summed E-state index contributed by atoms with van der Waals surface area (Å²) < 4.78 is 11.2. The number of hydrogen-bond acceptors (Lipinski definition) is 5. The lowest BCUT2D eigenvalue weighted by Gasteiger charge is -2.19. The summed E-state index contributed by atoms with van der Waals surface area (Å²) in [6, 6.07) is 16.9. The lowest BCUT2D eigenvalue weighted by atomic mass is 9.90. The summed E-state index contributed by atoms with van der Waals surface area (Å²) in [7, 11) is 1.60. The van der Waals surface area contributed by atoms with Crippen molar-refractivity contribution in [2.45, 2.75) is 20.1 Å². The van der Waals surface area contributed by atoms with Gasteiger partial charge in [-0.15, -0.1) is 0 Å². The fourth-order valence-electron chi connectivity index (χ4n) is 3.29. The first-order valence-electron chi connectivity index (χ1n) is 8.86. The third-order valence-corrected chi connectivity index (χ3v) is 4.71. The fourth-order valence-corrected chi connectivity index (χ4v) is 3.29. The van der Waals surface area contributed by atoms with Gasteiger partial charge >= 0.3 is 0 Å². The molecule has 5 nitrogen and oxygen atoms in total. The number of phenolic OH excluding ortho intramolecular Hbond substituents is 2. The summed E-state index contributed by atoms with van der Waals surface area (Å²) in [5.41, 5.74) is 3.43. The number of phenols is 2. The third kappa shape index (κ3) is 3.70. The van der Waals surface area contributed by atoms with E-state index in [1.807, 2.05) is 54.6 Å². The number of aldehydes is 1. The zero-order valence-electron chi connectivity index (χ0n) is 15.8. The molecule has 0 radical (unpaired) electrons. The van der Waals surface area contributed by atoms with E-state index in [4.69, 9.17) is 9.47 Å². The quantitative estimate of drug-likeness (QED) is 0.464. The van der Waals surface area contributed by atoms with Crippen LogP contribution in [-0.2, 0) is 18.0 Å². The first-order chi connectivity index (χ1) is 13.6. The largest absolute Gasteiger partial charge is 0.504 e. The van der Waals surface area contributed by atoms with Crippen molar-refractivity contribution in [1.82, 2.24) is 0 Å². The third-order valence-electron chi connectivity index (χ3n) is 4.71. The molecular formula is C23H22O5. The maximum Gasteiger partial charge on any atom is 0.168 e. The Labute approximate surface area is 163 Å². The second-order valence-electron chi connectivity index (χ2n) is 6.38. The minimum atomic E-state index is -0.428. The van der Waals surface area contributed by atoms with E-state index in [-0.39, 0.29) is 24.5 Å². The predicted octanol–water partition coefficient (Wildman–Crippen LogP) is 4.61. The number of aromatic hydroxyl groups is 2. The van der Waals surface area contributed by atoms with E-state index in [1.165, 1.54) is 0 Å². The lowest BCUT2D eigenvalue weighted by molar-refractivity contribution is 0.102. The molecule has 0 spiro atoms. The second kappa shape index (κ2) is 8.59. The molecule has 0 aliphatic heterocycles. The number of rotatable bonds is 7. The highest BCUT2D eigenvalue weighted by atomic mass is 16.5. The van der Waals surface area contributed by atoms with Crippen molar-refractivity contribution in [3.63, 3.8) is 0 Å². The molecule has 0 saturated carbocycles. The van der Waals surface area contributed by atoms with Gasteiger partial charge in [0.2, 0.25) is 0 Å². The molecule has 0 atom stereocenters. The van der Waals surface area contributed by atoms with Gasteiger partial charge < -0.3 is 19.7 Å². The van der Waals surface area contributed by atoms with Crippen LogP contribution in [0.5, 0.6) is 17.2 Å². The van der Waals surface area contributed by atoms with Gasteiger partial charge in [-0.1, -0.05) is 48.5 Å². The molecule has 0 aromatic heterocycles. The van der Waals surface area contributed by atoms with Gasteiger partial charge in [0.1, 0.15) is 5.75 Å². The molecule has 3 aromatic carbocycles. The van der Waals surface area contributed by atoms with E-state index in [0.29, 0.717) is 28.7 Å². The molecule has 0 heterocycles. The van der Waals surface area contributed by atoms with Crippen LogP contribution in [0.4, 0.5) is 0 Å². The Morgan fingerprint density at radius 1 is 0.929 bits per heavy atom. The highest BCUT2D eigenvalue weighted by Gasteiger charge is 2.22. The second-order valence-corrected chi connectivity index (χ2v) is 6.38. The van der Waals surface area contributed by atoms with Gasteiger partial charge in [0.25, 0.3) is 0 Å². The van der Waals surface area contributed by atoms with Crippen LogP contribution in [0.15, 0.2) is 54.6 Å². The predicted molar refractivity (Wildman–Crippen MR) is 107 cm³/mol. The topological polar surface area (TPSA) is 76.0 Å². The van der Waals surface area contributed by atoms with Gasteiger partial charge in [0.05, 0.1) is 25.9 Å². The summed E-state index contributed by atoms with van der Waals surface area (Å²) in [6.45, 7) is 2.07. The zero-order valence-corrected chi connectivity index (χ0v) is 15.8. The zero-order chi connectivity index (χ0) is 20.1. The normalized spacial score (nSPS) is 10.6. The molecule has 0 amide bonds. The summed E-state index contributed by atoms with van der Waals surface area (Å²) in [5.74, 6) is -0.0105. The molecule has 3 aromatic rings. The van der Waals surface area contributed by atoms with Crippen LogP contribution in [-0.4, -0.2) is 23.6 Å². The summed E-state index contributed by atoms with van der Waals surface area (Å²) in [4.78, 5) is 11.7. The lowest BCUT2D eigenvalue weighted by Crippen LogP contribution is -2.04. The highest BCUT2D eigenvalue weighted by Crippen LogP contribution is 2.42. The summed E-state index contributed by atoms with van der Waals surface area (Å²) >= 11 is 0. The SMILES string of the molecule is COc1ccccc1COCc1c(C=O)c(O)c(O)c(C)c1-c1ccccc1. The van der Waals surface area contributed by atoms with Crippen molar-refractivity contribution in [3.05, 3.63) is 76.9 Å². The molecule has 0 saturated heterocycles. The van der Waals surface area contributed by atoms with Gasteiger partial charge in [-0.05, 0) is 24.1 Å². The van der Waals surface area contributed by atoms with Gasteiger partial charge in [0.15, 0.2) is 17.8 Å². The van der Waals surface area contributed by atoms with Gasteiger partial charge in [-0.3, -0.25) is 4.79 Å². The first-order valence-corrected chi connectivity index (χ1v) is 8.86. The Morgan fingerprint density at radius 3 is 2.29 bits per heavy atom. The van der Waals surface area contributed by atoms with Crippen LogP contribution < -0.4 is 4.74 Å². The molecule has 2 N–H and O–H groups in total. The number of carbonyl (C=O) groups is 1. The van der Waals surface area contributed by atoms with E-state index in [0.717, 1.165) is 11.1 Å². The van der Waals surface area contributed by atoms with E-state index in [2.05, 4.69) is 0 Å². The highest BCUT2D eigenvalue weighted by molar-refractivity contribution is 5.90. The number of para-hydroxylation sites is 1. The standard InChI is InChI=1S/C23H22O5/c1-15-21(16-8-4-3-5-9-16)19(18(12-24)23(26)22(15)25)14-28-13-17-10-6-7-11-20(17)27-2/h3-12,25-26H,13-14H2,1-2H3. The Hall–Kier alpha value is -3.31. The van der Waals surface area contributed by atoms with Crippen molar-refractivity contribution >= 4 is 6.29 Å². The van der Waals surface area contributed by atoms with Gasteiger partial charge in [0, 0.05) is 16.7 Å². The average Bonchev–Trinajstić information content (AvgIpc) is 2.73. The molecule has 28 heavy (non-hydrogen) atoms. The van der Waals surface area contributed by atoms with E-state index in [1.54, 1.807) is 14.0 Å². The summed E-state index contributed by atoms with van der Waals surface area (Å²) in [5, 5.41) is 20.6. The number of carbonyl (C=O) groups excluding carboxylic acids is 1. The summed E-state index contributed by atoms with van der Waals surface area (Å²) in [6.07, 6.45) is 0.544. The maximum absolute atomic E-state index is 11.7. The molecular weight excluding hydrogens is 356 g/mol. The molecule has 144 valence electrons. The van der Waals surface area contributed by atoms with Crippen molar-refractivity contribution in [1.29, 1.82) is 0 Å². The molecule has 0 aliphatic rings. The Balaban J connectivity index is 2.00. The fraction of sp³-hybridized carbons (Fsp3) is 0.174. The molecule has 3 rings (SSSR count). The Bertz CT molecular complexity index is 980. The van der Waals surface area contributed by atoms with Crippen LogP contribution in [0.1, 0.15) is 27.0 Å². The van der Waals surface area contributed by atoms with E-state index < -0.39 is 5.75 Å². The maximum atomic E-state index is 11.7. The number of ether oxygens (including phenoxy) is 2. The van der Waals surface area contributed by atoms with Crippen molar-refractivity contribution < 1.29 is 24.5 Å². The smallest absolute Gasteiger partial charge is 0.168 e. The van der Waals surface area contributed by atoms with Gasteiger partial charge in [-0.2, -0.15) is 0 Å². The van der Waals surface area contributed by atoms with E-state index in [9.17, 15) is 15.0 Å². The van der Waals surface area contributed by atoms with Crippen LogP contribution in [0.25, 0.3) is 11.1 Å². The molecule has 0 bridgehead atoms. The van der Waals surface area contributed by atoms with Crippen LogP contribution >= 0.6 is 0 Å². The minimum Gasteiger partial charge on any atom is -0.504 e. The van der Waals surface area contributed by atoms with Crippen LogP contribution in [0.3, 0.4) is 0 Å². The number of hydrogen-bond donors (Lipinski definition) is 2. The number of benzene rings is 3. The van der Waals surface area contributed by atoms with Crippen LogP contribution in [0, 0.1) is 6.92 Å². The van der Waals surface area contributed by atoms with Crippen molar-refractivity contribution in [2.24, 2.45) is 0 Å². The average molecular weight is 378 g/mol. The van der Waals surface area contributed by atoms with Crippen molar-refractivity contribution in [3.8, 4) is 28.4 Å². The monoisotopic (exact) mass is 378 g/mol. The first kappa shape index (κ1) is 19.5. The van der Waals surface area contributed by atoms with E-state index >= 15 is 0 Å². The van der Waals surface area contributed by atoms with Crippen LogP contribution in [0.2, 0.25) is 0 Å². The van der Waals surface area contributed by atoms with Gasteiger partial charge in [-0.25, -0.2) is 0 Å². The Kier molecular flexibility index (Phi) is 5.96. The molecule has 0 unspecified atom stereocenters. The molecule has 0 aliphatic carbocycles. The molecule has 0 fully saturated rings. The Morgan fingerprint density at radius 2 is 1.61 bits per heavy atom. The van der Waals surface area contributed by atoms with Crippen molar-refractivity contribution in [2.75, 3.05) is 7.11 Å². The minimum absolute atomic E-state index is 0.0296. The molecule has 5 heteroatoms.